The normalized spacial score (nSPS) is 22.0. The Morgan fingerprint density at radius 3 is 1.77 bits per heavy atom. The van der Waals surface area contributed by atoms with Crippen molar-refractivity contribution in [3.63, 3.8) is 0 Å². The minimum atomic E-state index is -0.495. The zero-order chi connectivity index (χ0) is 24.4. The van der Waals surface area contributed by atoms with E-state index in [1.807, 2.05) is 23.1 Å². The number of carbonyl (C=O) groups excluding carboxylic acids is 4. The minimum absolute atomic E-state index is 0.0416. The molecule has 0 N–H and O–H groups in total. The van der Waals surface area contributed by atoms with Gasteiger partial charge in [-0.2, -0.15) is 0 Å². The molecule has 5 rings (SSSR count). The summed E-state index contributed by atoms with van der Waals surface area (Å²) in [6.45, 7) is 2.58. The van der Waals surface area contributed by atoms with E-state index < -0.39 is 12.1 Å². The molecule has 182 valence electrons. The third kappa shape index (κ3) is 4.59. The molecular weight excluding hydrogens is 442 g/mol. The van der Waals surface area contributed by atoms with E-state index in [-0.39, 0.29) is 23.5 Å². The van der Waals surface area contributed by atoms with Gasteiger partial charge in [0.2, 0.25) is 5.91 Å². The number of benzene rings is 2. The van der Waals surface area contributed by atoms with Crippen LogP contribution in [-0.2, 0) is 4.79 Å². The predicted octanol–water partition coefficient (Wildman–Crippen LogP) is 3.40. The van der Waals surface area contributed by atoms with Gasteiger partial charge in [-0.15, -0.1) is 0 Å². The summed E-state index contributed by atoms with van der Waals surface area (Å²) in [5.74, 6) is -0.463. The SMILES string of the molecule is O=C(c1ccccc1)[C@@H]1CCCN1C(=O)c1cccc(C(=O)N2CCC[C@H]2C(=O)N2CCCC2)c1. The Morgan fingerprint density at radius 2 is 1.14 bits per heavy atom. The first-order valence-corrected chi connectivity index (χ1v) is 12.6. The van der Waals surface area contributed by atoms with Gasteiger partial charge in [0.05, 0.1) is 6.04 Å². The minimum Gasteiger partial charge on any atom is -0.341 e. The standard InChI is InChI=1S/C28H31N3O4/c32-25(20-9-2-1-3-10-20)23-13-7-17-30(23)26(33)21-11-6-12-22(19-21)27(34)31-18-8-14-24(31)28(35)29-15-4-5-16-29/h1-3,6,9-12,19,23-24H,4-5,7-8,13-18H2/t23-,24-/m0/s1. The molecule has 3 aliphatic heterocycles. The van der Waals surface area contributed by atoms with Crippen LogP contribution in [0.25, 0.3) is 0 Å². The van der Waals surface area contributed by atoms with E-state index in [1.54, 1.807) is 46.2 Å². The molecule has 7 heteroatoms. The molecule has 2 aromatic rings. The summed E-state index contributed by atoms with van der Waals surface area (Å²) in [5.41, 5.74) is 1.40. The van der Waals surface area contributed by atoms with E-state index in [4.69, 9.17) is 0 Å². The molecule has 0 radical (unpaired) electrons. The molecule has 35 heavy (non-hydrogen) atoms. The number of hydrogen-bond donors (Lipinski definition) is 0. The highest BCUT2D eigenvalue weighted by Crippen LogP contribution is 2.26. The van der Waals surface area contributed by atoms with Crippen LogP contribution < -0.4 is 0 Å². The second kappa shape index (κ2) is 10.0. The van der Waals surface area contributed by atoms with Gasteiger partial charge >= 0.3 is 0 Å². The third-order valence-corrected chi connectivity index (χ3v) is 7.45. The zero-order valence-electron chi connectivity index (χ0n) is 19.9. The molecule has 7 nitrogen and oxygen atoms in total. The highest BCUT2D eigenvalue weighted by Gasteiger charge is 2.38. The lowest BCUT2D eigenvalue weighted by atomic mass is 10.0. The van der Waals surface area contributed by atoms with Crippen molar-refractivity contribution < 1.29 is 19.2 Å². The topological polar surface area (TPSA) is 78.0 Å². The second-order valence-electron chi connectivity index (χ2n) is 9.66. The van der Waals surface area contributed by atoms with Crippen molar-refractivity contribution >= 4 is 23.5 Å². The maximum absolute atomic E-state index is 13.4. The average molecular weight is 474 g/mol. The first-order chi connectivity index (χ1) is 17.0. The third-order valence-electron chi connectivity index (χ3n) is 7.45. The molecule has 2 aromatic carbocycles. The van der Waals surface area contributed by atoms with Gasteiger partial charge in [-0.25, -0.2) is 0 Å². The number of amides is 3. The van der Waals surface area contributed by atoms with Crippen LogP contribution in [0.5, 0.6) is 0 Å². The van der Waals surface area contributed by atoms with Crippen LogP contribution in [-0.4, -0.2) is 76.5 Å². The monoisotopic (exact) mass is 473 g/mol. The van der Waals surface area contributed by atoms with Crippen molar-refractivity contribution in [2.45, 2.75) is 50.6 Å². The van der Waals surface area contributed by atoms with Crippen molar-refractivity contribution in [1.29, 1.82) is 0 Å². The first kappa shape index (κ1) is 23.3. The van der Waals surface area contributed by atoms with Gasteiger partial charge in [0.25, 0.3) is 11.8 Å². The molecule has 0 aromatic heterocycles. The van der Waals surface area contributed by atoms with E-state index in [0.29, 0.717) is 42.6 Å². The fourth-order valence-electron chi connectivity index (χ4n) is 5.61. The highest BCUT2D eigenvalue weighted by atomic mass is 16.2. The lowest BCUT2D eigenvalue weighted by molar-refractivity contribution is -0.134. The Labute approximate surface area is 205 Å². The van der Waals surface area contributed by atoms with Crippen molar-refractivity contribution in [2.75, 3.05) is 26.2 Å². The molecule has 3 heterocycles. The molecule has 0 spiro atoms. The van der Waals surface area contributed by atoms with Crippen LogP contribution in [0.2, 0.25) is 0 Å². The number of carbonyl (C=O) groups is 4. The summed E-state index contributed by atoms with van der Waals surface area (Å²) < 4.78 is 0. The van der Waals surface area contributed by atoms with Crippen molar-refractivity contribution in [3.05, 3.63) is 71.3 Å². The maximum atomic E-state index is 13.4. The highest BCUT2D eigenvalue weighted by molar-refractivity contribution is 6.06. The number of Topliss-reactive ketones (excluding diaryl/α,β-unsaturated/α-hetero) is 1. The quantitative estimate of drug-likeness (QED) is 0.624. The van der Waals surface area contributed by atoms with Crippen molar-refractivity contribution in [1.82, 2.24) is 14.7 Å². The van der Waals surface area contributed by atoms with Crippen LogP contribution in [0.15, 0.2) is 54.6 Å². The van der Waals surface area contributed by atoms with Gasteiger partial charge in [0.15, 0.2) is 5.78 Å². The molecule has 2 atom stereocenters. The van der Waals surface area contributed by atoms with Crippen molar-refractivity contribution in [2.24, 2.45) is 0 Å². The number of rotatable bonds is 5. The smallest absolute Gasteiger partial charge is 0.254 e. The van der Waals surface area contributed by atoms with Gasteiger partial charge < -0.3 is 14.7 Å². The molecule has 0 bridgehead atoms. The predicted molar refractivity (Wildman–Crippen MR) is 131 cm³/mol. The van der Waals surface area contributed by atoms with E-state index in [2.05, 4.69) is 0 Å². The fourth-order valence-corrected chi connectivity index (χ4v) is 5.61. The lowest BCUT2D eigenvalue weighted by Gasteiger charge is -2.28. The van der Waals surface area contributed by atoms with Crippen LogP contribution in [0.4, 0.5) is 0 Å². The van der Waals surface area contributed by atoms with E-state index in [1.165, 1.54) is 0 Å². The Hall–Kier alpha value is -3.48. The van der Waals surface area contributed by atoms with Crippen LogP contribution in [0.1, 0.15) is 69.6 Å². The molecule has 0 unspecified atom stereocenters. The Morgan fingerprint density at radius 1 is 0.600 bits per heavy atom. The second-order valence-corrected chi connectivity index (χ2v) is 9.66. The van der Waals surface area contributed by atoms with E-state index in [9.17, 15) is 19.2 Å². The zero-order valence-corrected chi connectivity index (χ0v) is 19.9. The number of hydrogen-bond acceptors (Lipinski definition) is 4. The summed E-state index contributed by atoms with van der Waals surface area (Å²) >= 11 is 0. The molecule has 0 saturated carbocycles. The number of likely N-dealkylation sites (tertiary alicyclic amines) is 3. The molecule has 3 fully saturated rings. The Kier molecular flexibility index (Phi) is 6.66. The van der Waals surface area contributed by atoms with Gasteiger partial charge in [-0.3, -0.25) is 19.2 Å². The van der Waals surface area contributed by atoms with Gasteiger partial charge in [0.1, 0.15) is 6.04 Å². The molecular formula is C28H31N3O4. The van der Waals surface area contributed by atoms with Gasteiger partial charge in [-0.1, -0.05) is 36.4 Å². The van der Waals surface area contributed by atoms with Crippen LogP contribution in [0.3, 0.4) is 0 Å². The first-order valence-electron chi connectivity index (χ1n) is 12.6. The van der Waals surface area contributed by atoms with E-state index in [0.717, 1.165) is 38.8 Å². The lowest BCUT2D eigenvalue weighted by Crippen LogP contribution is -2.47. The average Bonchev–Trinajstić information content (AvgIpc) is 3.69. The molecule has 3 saturated heterocycles. The Bertz CT molecular complexity index is 1130. The van der Waals surface area contributed by atoms with E-state index >= 15 is 0 Å². The summed E-state index contributed by atoms with van der Waals surface area (Å²) in [6.07, 6.45) is 4.90. The molecule has 3 aliphatic rings. The fraction of sp³-hybridized carbons (Fsp3) is 0.429. The van der Waals surface area contributed by atoms with Crippen molar-refractivity contribution in [3.8, 4) is 0 Å². The van der Waals surface area contributed by atoms with Gasteiger partial charge in [0, 0.05) is 42.9 Å². The number of ketones is 1. The Balaban J connectivity index is 1.32. The maximum Gasteiger partial charge on any atom is 0.254 e. The summed E-state index contributed by atoms with van der Waals surface area (Å²) in [6, 6.07) is 14.9. The summed E-state index contributed by atoms with van der Waals surface area (Å²) in [5, 5.41) is 0. The largest absolute Gasteiger partial charge is 0.341 e. The number of nitrogens with zero attached hydrogens (tertiary/aromatic N) is 3. The molecule has 0 aliphatic carbocycles. The van der Waals surface area contributed by atoms with Crippen LogP contribution >= 0.6 is 0 Å². The summed E-state index contributed by atoms with van der Waals surface area (Å²) in [4.78, 5) is 58.1. The summed E-state index contributed by atoms with van der Waals surface area (Å²) in [7, 11) is 0. The van der Waals surface area contributed by atoms with Gasteiger partial charge in [-0.05, 0) is 56.7 Å². The van der Waals surface area contributed by atoms with Crippen LogP contribution in [0, 0.1) is 0 Å². The molecule has 3 amide bonds.